The first-order chi connectivity index (χ1) is 8.75. The highest BCUT2D eigenvalue weighted by molar-refractivity contribution is 8.14. The molecule has 1 amide bonds. The summed E-state index contributed by atoms with van der Waals surface area (Å²) in [5.74, 6) is 0.400. The summed E-state index contributed by atoms with van der Waals surface area (Å²) in [5, 5.41) is 4.93. The molecule has 0 bridgehead atoms. The molecule has 92 valence electrons. The average Bonchev–Trinajstić information content (AvgIpc) is 2.99. The second-order valence-electron chi connectivity index (χ2n) is 3.52. The molecule has 6 nitrogen and oxygen atoms in total. The van der Waals surface area contributed by atoms with E-state index in [-0.39, 0.29) is 11.1 Å². The third kappa shape index (κ3) is 1.93. The topological polar surface area (TPSA) is 75.8 Å². The lowest BCUT2D eigenvalue weighted by Crippen LogP contribution is -2.33. The molecule has 3 rings (SSSR count). The molecule has 0 aliphatic carbocycles. The van der Waals surface area contributed by atoms with Crippen molar-refractivity contribution in [3.8, 4) is 0 Å². The lowest BCUT2D eigenvalue weighted by Gasteiger charge is -2.03. The van der Waals surface area contributed by atoms with Gasteiger partial charge in [0.2, 0.25) is 0 Å². The molecule has 0 saturated heterocycles. The SMILES string of the molecule is O=C(NC1=NCCS1)c1cnc2sccn2c1=O. The fourth-order valence-corrected chi connectivity index (χ4v) is 2.95. The van der Waals surface area contributed by atoms with E-state index in [0.717, 1.165) is 5.75 Å². The Bertz CT molecular complexity index is 703. The van der Waals surface area contributed by atoms with Gasteiger partial charge in [-0.1, -0.05) is 11.8 Å². The number of fused-ring (bicyclic) bond motifs is 1. The number of amidine groups is 1. The van der Waals surface area contributed by atoms with Gasteiger partial charge in [-0.05, 0) is 0 Å². The number of amides is 1. The van der Waals surface area contributed by atoms with Crippen molar-refractivity contribution in [2.75, 3.05) is 12.3 Å². The van der Waals surface area contributed by atoms with Crippen LogP contribution in [0.5, 0.6) is 0 Å². The molecule has 1 N–H and O–H groups in total. The molecule has 0 fully saturated rings. The number of nitrogens with zero attached hydrogens (tertiary/aromatic N) is 3. The van der Waals surface area contributed by atoms with Crippen LogP contribution in [0.15, 0.2) is 27.6 Å². The summed E-state index contributed by atoms with van der Waals surface area (Å²) in [7, 11) is 0. The maximum atomic E-state index is 12.0. The van der Waals surface area contributed by atoms with Crippen LogP contribution in [0.4, 0.5) is 0 Å². The van der Waals surface area contributed by atoms with Crippen molar-refractivity contribution >= 4 is 39.1 Å². The minimum Gasteiger partial charge on any atom is -0.301 e. The molecule has 1 aliphatic rings. The van der Waals surface area contributed by atoms with E-state index >= 15 is 0 Å². The van der Waals surface area contributed by atoms with Crippen LogP contribution in [0.3, 0.4) is 0 Å². The Labute approximate surface area is 110 Å². The standard InChI is InChI=1S/C10H8N4O2S2/c15-7(13-9-11-1-3-17-9)6-5-12-10-14(8(6)16)2-4-18-10/h2,4-5H,1,3H2,(H,11,13,15). The summed E-state index contributed by atoms with van der Waals surface area (Å²) in [5.41, 5.74) is -0.330. The Balaban J connectivity index is 1.96. The van der Waals surface area contributed by atoms with Gasteiger partial charge < -0.3 is 5.32 Å². The monoisotopic (exact) mass is 280 g/mol. The molecule has 2 aromatic heterocycles. The molecular formula is C10H8N4O2S2. The van der Waals surface area contributed by atoms with Crippen molar-refractivity contribution in [3.05, 3.63) is 33.7 Å². The molecule has 18 heavy (non-hydrogen) atoms. The van der Waals surface area contributed by atoms with Crippen LogP contribution in [0.25, 0.3) is 4.96 Å². The quantitative estimate of drug-likeness (QED) is 0.829. The van der Waals surface area contributed by atoms with E-state index < -0.39 is 5.91 Å². The molecule has 8 heteroatoms. The van der Waals surface area contributed by atoms with E-state index in [2.05, 4.69) is 15.3 Å². The highest BCUT2D eigenvalue weighted by Crippen LogP contribution is 2.10. The number of thiazole rings is 1. The van der Waals surface area contributed by atoms with Gasteiger partial charge >= 0.3 is 0 Å². The smallest absolute Gasteiger partial charge is 0.271 e. The Morgan fingerprint density at radius 3 is 3.17 bits per heavy atom. The van der Waals surface area contributed by atoms with Gasteiger partial charge in [-0.15, -0.1) is 11.3 Å². The lowest BCUT2D eigenvalue weighted by atomic mass is 10.3. The van der Waals surface area contributed by atoms with Gasteiger partial charge in [0, 0.05) is 23.5 Å². The van der Waals surface area contributed by atoms with Gasteiger partial charge in [0.25, 0.3) is 11.5 Å². The van der Waals surface area contributed by atoms with Crippen LogP contribution in [-0.2, 0) is 0 Å². The van der Waals surface area contributed by atoms with Crippen molar-refractivity contribution in [1.82, 2.24) is 14.7 Å². The third-order valence-corrected chi connectivity index (χ3v) is 4.06. The molecule has 0 aromatic carbocycles. The number of aromatic nitrogens is 2. The second-order valence-corrected chi connectivity index (χ2v) is 5.48. The normalized spacial score (nSPS) is 14.8. The fourth-order valence-electron chi connectivity index (χ4n) is 1.56. The summed E-state index contributed by atoms with van der Waals surface area (Å²) >= 11 is 2.81. The largest absolute Gasteiger partial charge is 0.301 e. The number of aliphatic imine (C=N–C) groups is 1. The van der Waals surface area contributed by atoms with Gasteiger partial charge in [0.1, 0.15) is 5.56 Å². The van der Waals surface area contributed by atoms with Crippen LogP contribution in [0.1, 0.15) is 10.4 Å². The highest BCUT2D eigenvalue weighted by atomic mass is 32.2. The number of hydrogen-bond donors (Lipinski definition) is 1. The lowest BCUT2D eigenvalue weighted by molar-refractivity contribution is 0.0976. The van der Waals surface area contributed by atoms with Crippen LogP contribution in [0, 0.1) is 0 Å². The van der Waals surface area contributed by atoms with Crippen LogP contribution in [0.2, 0.25) is 0 Å². The van der Waals surface area contributed by atoms with Crippen molar-refractivity contribution in [2.45, 2.75) is 0 Å². The molecule has 1 aliphatic heterocycles. The summed E-state index contributed by atoms with van der Waals surface area (Å²) in [6.07, 6.45) is 2.91. The molecular weight excluding hydrogens is 272 g/mol. The van der Waals surface area contributed by atoms with E-state index in [4.69, 9.17) is 0 Å². The van der Waals surface area contributed by atoms with Crippen molar-refractivity contribution in [1.29, 1.82) is 0 Å². The van der Waals surface area contributed by atoms with Gasteiger partial charge in [-0.2, -0.15) is 0 Å². The zero-order valence-corrected chi connectivity index (χ0v) is 10.8. The van der Waals surface area contributed by atoms with E-state index in [0.29, 0.717) is 16.7 Å². The molecule has 0 saturated carbocycles. The predicted octanol–water partition coefficient (Wildman–Crippen LogP) is 0.589. The third-order valence-electron chi connectivity index (χ3n) is 2.39. The first kappa shape index (κ1) is 11.4. The van der Waals surface area contributed by atoms with Crippen LogP contribution in [-0.4, -0.2) is 32.8 Å². The maximum absolute atomic E-state index is 12.0. The number of carbonyl (C=O) groups is 1. The summed E-state index contributed by atoms with van der Waals surface area (Å²) in [6.45, 7) is 0.696. The summed E-state index contributed by atoms with van der Waals surface area (Å²) in [4.78, 5) is 32.7. The molecule has 0 unspecified atom stereocenters. The maximum Gasteiger partial charge on any atom is 0.271 e. The average molecular weight is 280 g/mol. The van der Waals surface area contributed by atoms with Crippen molar-refractivity contribution < 1.29 is 4.79 Å². The number of hydrogen-bond acceptors (Lipinski definition) is 6. The molecule has 0 spiro atoms. The first-order valence-corrected chi connectivity index (χ1v) is 7.06. The minimum absolute atomic E-state index is 0.0288. The van der Waals surface area contributed by atoms with Gasteiger partial charge in [-0.25, -0.2) is 4.98 Å². The van der Waals surface area contributed by atoms with Crippen LogP contribution < -0.4 is 10.9 Å². The van der Waals surface area contributed by atoms with E-state index in [1.807, 2.05) is 0 Å². The van der Waals surface area contributed by atoms with Gasteiger partial charge in [0.15, 0.2) is 10.1 Å². The molecule has 0 radical (unpaired) electrons. The zero-order valence-electron chi connectivity index (χ0n) is 9.12. The Kier molecular flexibility index (Phi) is 2.88. The van der Waals surface area contributed by atoms with Crippen molar-refractivity contribution in [3.63, 3.8) is 0 Å². The number of nitrogens with one attached hydrogen (secondary N) is 1. The summed E-state index contributed by atoms with van der Waals surface area (Å²) < 4.78 is 1.36. The predicted molar refractivity (Wildman–Crippen MR) is 71.6 cm³/mol. The molecule has 2 aromatic rings. The number of rotatable bonds is 1. The summed E-state index contributed by atoms with van der Waals surface area (Å²) in [6, 6.07) is 0. The Morgan fingerprint density at radius 2 is 2.39 bits per heavy atom. The number of carbonyl (C=O) groups excluding carboxylic acids is 1. The minimum atomic E-state index is -0.457. The zero-order chi connectivity index (χ0) is 12.5. The molecule has 3 heterocycles. The second kappa shape index (κ2) is 4.54. The Morgan fingerprint density at radius 1 is 1.50 bits per heavy atom. The highest BCUT2D eigenvalue weighted by Gasteiger charge is 2.17. The van der Waals surface area contributed by atoms with Gasteiger partial charge in [-0.3, -0.25) is 19.0 Å². The first-order valence-electron chi connectivity index (χ1n) is 5.19. The fraction of sp³-hybridized carbons (Fsp3) is 0.200. The van der Waals surface area contributed by atoms with Crippen molar-refractivity contribution in [2.24, 2.45) is 4.99 Å². The molecule has 0 atom stereocenters. The van der Waals surface area contributed by atoms with Gasteiger partial charge in [0.05, 0.1) is 6.54 Å². The Hall–Kier alpha value is -1.67. The number of thioether (sulfide) groups is 1. The van der Waals surface area contributed by atoms with E-state index in [1.54, 1.807) is 11.6 Å². The van der Waals surface area contributed by atoms with Crippen LogP contribution >= 0.6 is 23.1 Å². The van der Waals surface area contributed by atoms with E-state index in [9.17, 15) is 9.59 Å². The van der Waals surface area contributed by atoms with E-state index in [1.165, 1.54) is 33.7 Å².